The average molecular weight is 259 g/mol. The molecule has 0 saturated heterocycles. The van der Waals surface area contributed by atoms with Crippen LogP contribution < -0.4 is 5.32 Å². The van der Waals surface area contributed by atoms with Gasteiger partial charge in [0.2, 0.25) is 5.95 Å². The molecular formula is C14H17N3S. The number of benzene rings is 1. The number of hydrogen-bond donors (Lipinski definition) is 1. The van der Waals surface area contributed by atoms with Crippen molar-refractivity contribution in [1.82, 2.24) is 9.97 Å². The Morgan fingerprint density at radius 3 is 2.78 bits per heavy atom. The summed E-state index contributed by atoms with van der Waals surface area (Å²) in [5.41, 5.74) is 1.31. The molecule has 1 aromatic carbocycles. The van der Waals surface area contributed by atoms with E-state index in [1.165, 1.54) is 5.56 Å². The third kappa shape index (κ3) is 4.04. The number of thioether (sulfide) groups is 1. The monoisotopic (exact) mass is 259 g/mol. The van der Waals surface area contributed by atoms with Gasteiger partial charge < -0.3 is 5.32 Å². The minimum atomic E-state index is 0.718. The van der Waals surface area contributed by atoms with Gasteiger partial charge in [0.05, 0.1) is 0 Å². The van der Waals surface area contributed by atoms with E-state index in [0.29, 0.717) is 0 Å². The first-order chi connectivity index (χ1) is 8.88. The predicted molar refractivity (Wildman–Crippen MR) is 76.8 cm³/mol. The van der Waals surface area contributed by atoms with Crippen LogP contribution in [0, 0.1) is 0 Å². The SMILES string of the molecule is CCCNc1nccc(SCc2ccccc2)n1. The smallest absolute Gasteiger partial charge is 0.223 e. The van der Waals surface area contributed by atoms with Gasteiger partial charge in [-0.2, -0.15) is 0 Å². The fourth-order valence-corrected chi connectivity index (χ4v) is 2.29. The van der Waals surface area contributed by atoms with E-state index in [9.17, 15) is 0 Å². The van der Waals surface area contributed by atoms with E-state index in [4.69, 9.17) is 0 Å². The molecule has 1 N–H and O–H groups in total. The van der Waals surface area contributed by atoms with Crippen molar-refractivity contribution >= 4 is 17.7 Å². The second kappa shape index (κ2) is 7.01. The number of rotatable bonds is 6. The van der Waals surface area contributed by atoms with Crippen LogP contribution in [0.5, 0.6) is 0 Å². The van der Waals surface area contributed by atoms with Crippen LogP contribution in [0.1, 0.15) is 18.9 Å². The Kier molecular flexibility index (Phi) is 5.02. The third-order valence-corrected chi connectivity index (χ3v) is 3.39. The zero-order chi connectivity index (χ0) is 12.6. The summed E-state index contributed by atoms with van der Waals surface area (Å²) in [7, 11) is 0. The molecule has 2 aromatic rings. The van der Waals surface area contributed by atoms with Crippen LogP contribution in [-0.4, -0.2) is 16.5 Å². The minimum Gasteiger partial charge on any atom is -0.354 e. The van der Waals surface area contributed by atoms with E-state index in [-0.39, 0.29) is 0 Å². The summed E-state index contributed by atoms with van der Waals surface area (Å²) in [6, 6.07) is 12.4. The van der Waals surface area contributed by atoms with Crippen molar-refractivity contribution < 1.29 is 0 Å². The molecule has 18 heavy (non-hydrogen) atoms. The van der Waals surface area contributed by atoms with Crippen LogP contribution in [0.3, 0.4) is 0 Å². The van der Waals surface area contributed by atoms with Gasteiger partial charge in [0.25, 0.3) is 0 Å². The Balaban J connectivity index is 1.93. The average Bonchev–Trinajstić information content (AvgIpc) is 2.44. The van der Waals surface area contributed by atoms with Gasteiger partial charge >= 0.3 is 0 Å². The topological polar surface area (TPSA) is 37.8 Å². The Morgan fingerprint density at radius 1 is 1.17 bits per heavy atom. The van der Waals surface area contributed by atoms with Crippen molar-refractivity contribution in [3.05, 3.63) is 48.2 Å². The standard InChI is InChI=1S/C14H17N3S/c1-2-9-15-14-16-10-8-13(17-14)18-11-12-6-4-3-5-7-12/h3-8,10H,2,9,11H2,1H3,(H,15,16,17). The largest absolute Gasteiger partial charge is 0.354 e. The molecule has 1 aromatic heterocycles. The molecule has 0 saturated carbocycles. The van der Waals surface area contributed by atoms with Crippen molar-refractivity contribution in [2.75, 3.05) is 11.9 Å². The van der Waals surface area contributed by atoms with Crippen molar-refractivity contribution in [1.29, 1.82) is 0 Å². The van der Waals surface area contributed by atoms with Gasteiger partial charge in [-0.15, -0.1) is 11.8 Å². The summed E-state index contributed by atoms with van der Waals surface area (Å²) < 4.78 is 0. The molecule has 0 bridgehead atoms. The lowest BCUT2D eigenvalue weighted by atomic mass is 10.2. The van der Waals surface area contributed by atoms with Crippen LogP contribution >= 0.6 is 11.8 Å². The van der Waals surface area contributed by atoms with Crippen LogP contribution in [0.15, 0.2) is 47.6 Å². The number of nitrogens with zero attached hydrogens (tertiary/aromatic N) is 2. The summed E-state index contributed by atoms with van der Waals surface area (Å²) in [6.45, 7) is 3.04. The minimum absolute atomic E-state index is 0.718. The van der Waals surface area contributed by atoms with Gasteiger partial charge in [0.1, 0.15) is 5.03 Å². The molecule has 0 aliphatic rings. The maximum Gasteiger partial charge on any atom is 0.223 e. The Morgan fingerprint density at radius 2 is 2.00 bits per heavy atom. The van der Waals surface area contributed by atoms with Gasteiger partial charge in [-0.05, 0) is 18.1 Å². The molecule has 0 aliphatic carbocycles. The lowest BCUT2D eigenvalue weighted by Gasteiger charge is -2.05. The second-order valence-corrected chi connectivity index (χ2v) is 4.92. The summed E-state index contributed by atoms with van der Waals surface area (Å²) >= 11 is 1.73. The highest BCUT2D eigenvalue weighted by Gasteiger charge is 2.00. The molecule has 0 radical (unpaired) electrons. The van der Waals surface area contributed by atoms with E-state index in [0.717, 1.165) is 29.7 Å². The van der Waals surface area contributed by atoms with E-state index in [1.54, 1.807) is 18.0 Å². The highest BCUT2D eigenvalue weighted by molar-refractivity contribution is 7.98. The molecular weight excluding hydrogens is 242 g/mol. The molecule has 94 valence electrons. The molecule has 4 heteroatoms. The molecule has 0 unspecified atom stereocenters. The van der Waals surface area contributed by atoms with Crippen LogP contribution in [0.4, 0.5) is 5.95 Å². The third-order valence-electron chi connectivity index (χ3n) is 2.39. The maximum absolute atomic E-state index is 4.47. The maximum atomic E-state index is 4.47. The van der Waals surface area contributed by atoms with Crippen LogP contribution in [-0.2, 0) is 5.75 Å². The molecule has 2 rings (SSSR count). The van der Waals surface area contributed by atoms with Crippen molar-refractivity contribution in [2.24, 2.45) is 0 Å². The fourth-order valence-electron chi connectivity index (χ4n) is 1.48. The zero-order valence-corrected chi connectivity index (χ0v) is 11.3. The Bertz CT molecular complexity index is 473. The second-order valence-electron chi connectivity index (χ2n) is 3.92. The quantitative estimate of drug-likeness (QED) is 0.635. The van der Waals surface area contributed by atoms with Gasteiger partial charge in [-0.1, -0.05) is 37.3 Å². The first-order valence-electron chi connectivity index (χ1n) is 6.12. The molecule has 0 amide bonds. The van der Waals surface area contributed by atoms with Crippen LogP contribution in [0.2, 0.25) is 0 Å². The fraction of sp³-hybridized carbons (Fsp3) is 0.286. The van der Waals surface area contributed by atoms with E-state index < -0.39 is 0 Å². The molecule has 1 heterocycles. The summed E-state index contributed by atoms with van der Waals surface area (Å²) in [5.74, 6) is 1.65. The number of anilines is 1. The van der Waals surface area contributed by atoms with Gasteiger partial charge in [-0.25, -0.2) is 9.97 Å². The first kappa shape index (κ1) is 12.9. The highest BCUT2D eigenvalue weighted by atomic mass is 32.2. The highest BCUT2D eigenvalue weighted by Crippen LogP contribution is 2.20. The summed E-state index contributed by atoms with van der Waals surface area (Å²) in [5, 5.41) is 4.20. The normalized spacial score (nSPS) is 10.3. The van der Waals surface area contributed by atoms with Gasteiger partial charge in [-0.3, -0.25) is 0 Å². The first-order valence-corrected chi connectivity index (χ1v) is 7.10. The van der Waals surface area contributed by atoms with Crippen molar-refractivity contribution in [3.8, 4) is 0 Å². The van der Waals surface area contributed by atoms with Gasteiger partial charge in [0.15, 0.2) is 0 Å². The molecule has 0 aliphatic heterocycles. The van der Waals surface area contributed by atoms with Crippen LogP contribution in [0.25, 0.3) is 0 Å². The number of aromatic nitrogens is 2. The summed E-state index contributed by atoms with van der Waals surface area (Å²) in [4.78, 5) is 8.66. The number of nitrogens with one attached hydrogen (secondary N) is 1. The molecule has 0 atom stereocenters. The lowest BCUT2D eigenvalue weighted by molar-refractivity contribution is 0.935. The predicted octanol–water partition coefficient (Wildman–Crippen LogP) is 3.59. The zero-order valence-electron chi connectivity index (χ0n) is 10.5. The molecule has 0 spiro atoms. The van der Waals surface area contributed by atoms with Crippen molar-refractivity contribution in [3.63, 3.8) is 0 Å². The summed E-state index contributed by atoms with van der Waals surface area (Å²) in [6.07, 6.45) is 2.88. The van der Waals surface area contributed by atoms with E-state index in [2.05, 4.69) is 46.5 Å². The molecule has 3 nitrogen and oxygen atoms in total. The van der Waals surface area contributed by atoms with Gasteiger partial charge in [0, 0.05) is 18.5 Å². The Hall–Kier alpha value is -1.55. The number of hydrogen-bond acceptors (Lipinski definition) is 4. The van der Waals surface area contributed by atoms with Crippen molar-refractivity contribution in [2.45, 2.75) is 24.1 Å². The van der Waals surface area contributed by atoms with E-state index in [1.807, 2.05) is 12.1 Å². The molecule has 0 fully saturated rings. The Labute approximate surface area is 112 Å². The van der Waals surface area contributed by atoms with E-state index >= 15 is 0 Å². The lowest BCUT2D eigenvalue weighted by Crippen LogP contribution is -2.04.